The highest BCUT2D eigenvalue weighted by molar-refractivity contribution is 7.89. The largest absolute Gasteiger partial charge is 0.369 e. The second-order valence-corrected chi connectivity index (χ2v) is 11.2. The molecule has 3 aliphatic rings. The van der Waals surface area contributed by atoms with Crippen molar-refractivity contribution in [3.05, 3.63) is 29.3 Å². The van der Waals surface area contributed by atoms with E-state index < -0.39 is 15.4 Å². The SMILES string of the molecule is CC1(C)C2CCC1(CS(=O)(=O)N1CCN(c3ccc(Cl)cc3)CC1)C(=O)C2. The Labute approximate surface area is 166 Å². The second-order valence-electron chi connectivity index (χ2n) is 8.79. The van der Waals surface area contributed by atoms with Crippen molar-refractivity contribution in [2.75, 3.05) is 36.8 Å². The van der Waals surface area contributed by atoms with E-state index in [0.717, 1.165) is 12.1 Å². The minimum absolute atomic E-state index is 0.0245. The number of hydrogen-bond donors (Lipinski definition) is 0. The van der Waals surface area contributed by atoms with Gasteiger partial charge in [0.25, 0.3) is 0 Å². The summed E-state index contributed by atoms with van der Waals surface area (Å²) in [4.78, 5) is 14.9. The van der Waals surface area contributed by atoms with Crippen molar-refractivity contribution < 1.29 is 13.2 Å². The molecule has 1 aromatic rings. The molecule has 7 heteroatoms. The maximum Gasteiger partial charge on any atom is 0.215 e. The summed E-state index contributed by atoms with van der Waals surface area (Å²) in [7, 11) is -3.46. The molecule has 2 saturated carbocycles. The van der Waals surface area contributed by atoms with Gasteiger partial charge in [0.15, 0.2) is 0 Å². The molecule has 0 N–H and O–H groups in total. The minimum Gasteiger partial charge on any atom is -0.369 e. The molecule has 27 heavy (non-hydrogen) atoms. The van der Waals surface area contributed by atoms with Crippen molar-refractivity contribution in [2.45, 2.75) is 33.1 Å². The molecule has 2 aliphatic carbocycles. The number of ketones is 1. The topological polar surface area (TPSA) is 57.7 Å². The average Bonchev–Trinajstić information content (AvgIpc) is 2.96. The normalized spacial score (nSPS) is 30.9. The van der Waals surface area contributed by atoms with Crippen LogP contribution in [0.2, 0.25) is 5.02 Å². The van der Waals surface area contributed by atoms with Gasteiger partial charge in [-0.3, -0.25) is 4.79 Å². The maximum absolute atomic E-state index is 13.2. The highest BCUT2D eigenvalue weighted by Gasteiger charge is 2.65. The third kappa shape index (κ3) is 3.00. The Kier molecular flexibility index (Phi) is 4.60. The van der Waals surface area contributed by atoms with Gasteiger partial charge in [0.2, 0.25) is 10.0 Å². The van der Waals surface area contributed by atoms with Crippen LogP contribution in [0.3, 0.4) is 0 Å². The predicted molar refractivity (Wildman–Crippen MR) is 108 cm³/mol. The Morgan fingerprint density at radius 3 is 2.26 bits per heavy atom. The van der Waals surface area contributed by atoms with E-state index in [1.165, 1.54) is 0 Å². The summed E-state index contributed by atoms with van der Waals surface area (Å²) in [5.41, 5.74) is 0.146. The van der Waals surface area contributed by atoms with Gasteiger partial charge in [0.05, 0.1) is 5.75 Å². The Bertz CT molecular complexity index is 844. The van der Waals surface area contributed by atoms with Gasteiger partial charge >= 0.3 is 0 Å². The summed E-state index contributed by atoms with van der Waals surface area (Å²) in [6.45, 7) is 6.38. The van der Waals surface area contributed by atoms with Crippen molar-refractivity contribution in [3.8, 4) is 0 Å². The van der Waals surface area contributed by atoms with E-state index in [9.17, 15) is 13.2 Å². The van der Waals surface area contributed by atoms with Gasteiger partial charge in [-0.1, -0.05) is 25.4 Å². The first-order chi connectivity index (χ1) is 12.7. The van der Waals surface area contributed by atoms with Crippen LogP contribution in [0.4, 0.5) is 5.69 Å². The van der Waals surface area contributed by atoms with Gasteiger partial charge in [0.1, 0.15) is 5.78 Å². The summed E-state index contributed by atoms with van der Waals surface area (Å²) < 4.78 is 28.0. The average molecular weight is 411 g/mol. The monoisotopic (exact) mass is 410 g/mol. The maximum atomic E-state index is 13.2. The Morgan fingerprint density at radius 1 is 1.11 bits per heavy atom. The molecule has 2 atom stereocenters. The molecule has 0 aromatic heterocycles. The summed E-state index contributed by atoms with van der Waals surface area (Å²) in [6.07, 6.45) is 2.24. The molecule has 0 radical (unpaired) electrons. The fourth-order valence-corrected chi connectivity index (χ4v) is 7.72. The highest BCUT2D eigenvalue weighted by Crippen LogP contribution is 2.64. The number of anilines is 1. The summed E-state index contributed by atoms with van der Waals surface area (Å²) in [5.74, 6) is 0.470. The molecule has 0 amide bonds. The molecule has 5 nitrogen and oxygen atoms in total. The second kappa shape index (κ2) is 6.46. The molecule has 2 unspecified atom stereocenters. The molecule has 0 spiro atoms. The quantitative estimate of drug-likeness (QED) is 0.764. The molecular formula is C20H27ClN2O3S. The number of Topliss-reactive ketones (excluding diaryl/α,β-unsaturated/α-hetero) is 1. The van der Waals surface area contributed by atoms with Gasteiger partial charge in [-0.15, -0.1) is 0 Å². The zero-order valence-electron chi connectivity index (χ0n) is 15.9. The lowest BCUT2D eigenvalue weighted by Crippen LogP contribution is -2.52. The zero-order chi connectivity index (χ0) is 19.4. The van der Waals surface area contributed by atoms with Crippen molar-refractivity contribution in [1.82, 2.24) is 4.31 Å². The fraction of sp³-hybridized carbons (Fsp3) is 0.650. The molecule has 2 bridgehead atoms. The number of fused-ring (bicyclic) bond motifs is 2. The molecule has 1 aromatic carbocycles. The summed E-state index contributed by atoms with van der Waals surface area (Å²) in [6, 6.07) is 7.63. The highest BCUT2D eigenvalue weighted by atomic mass is 35.5. The standard InChI is InChI=1S/C20H27ClN2O3S/c1-19(2)15-7-8-20(19,18(24)13-15)14-27(25,26)23-11-9-22(10-12-23)17-5-3-16(21)4-6-17/h3-6,15H,7-14H2,1-2H3. The van der Waals surface area contributed by atoms with Crippen molar-refractivity contribution in [3.63, 3.8) is 0 Å². The lowest BCUT2D eigenvalue weighted by molar-refractivity contribution is -0.128. The first-order valence-electron chi connectivity index (χ1n) is 9.67. The van der Waals surface area contributed by atoms with Gasteiger partial charge in [0, 0.05) is 48.7 Å². The van der Waals surface area contributed by atoms with Crippen molar-refractivity contribution in [1.29, 1.82) is 0 Å². The van der Waals surface area contributed by atoms with E-state index in [1.54, 1.807) is 4.31 Å². The first-order valence-corrected chi connectivity index (χ1v) is 11.7. The number of piperazine rings is 1. The van der Waals surface area contributed by atoms with E-state index in [0.29, 0.717) is 50.0 Å². The van der Waals surface area contributed by atoms with Crippen LogP contribution >= 0.6 is 11.6 Å². The summed E-state index contributed by atoms with van der Waals surface area (Å²) in [5, 5.41) is 0.693. The number of hydrogen-bond acceptors (Lipinski definition) is 4. The third-order valence-corrected chi connectivity index (χ3v) is 9.65. The molecule has 3 fully saturated rings. The van der Waals surface area contributed by atoms with Crippen LogP contribution in [-0.2, 0) is 14.8 Å². The number of sulfonamides is 1. The molecule has 1 heterocycles. The molecular weight excluding hydrogens is 384 g/mol. The number of halogens is 1. The molecule has 1 aliphatic heterocycles. The smallest absolute Gasteiger partial charge is 0.215 e. The van der Waals surface area contributed by atoms with E-state index in [2.05, 4.69) is 18.7 Å². The number of benzene rings is 1. The third-order valence-electron chi connectivity index (χ3n) is 7.39. The van der Waals surface area contributed by atoms with Crippen LogP contribution in [0.25, 0.3) is 0 Å². The Hall–Kier alpha value is -1.11. The fourth-order valence-electron chi connectivity index (χ4n) is 5.39. The van der Waals surface area contributed by atoms with Gasteiger partial charge in [-0.2, -0.15) is 4.31 Å². The lowest BCUT2D eigenvalue weighted by Gasteiger charge is -2.40. The zero-order valence-corrected chi connectivity index (χ0v) is 17.5. The van der Waals surface area contributed by atoms with E-state index in [1.807, 2.05) is 24.3 Å². The van der Waals surface area contributed by atoms with Crippen LogP contribution in [0.15, 0.2) is 24.3 Å². The number of carbonyl (C=O) groups is 1. The van der Waals surface area contributed by atoms with Gasteiger partial charge in [-0.05, 0) is 48.4 Å². The molecule has 1 saturated heterocycles. The number of rotatable bonds is 4. The Balaban J connectivity index is 1.46. The number of nitrogens with zero attached hydrogens (tertiary/aromatic N) is 2. The van der Waals surface area contributed by atoms with Crippen LogP contribution < -0.4 is 4.90 Å². The van der Waals surface area contributed by atoms with Gasteiger partial charge < -0.3 is 4.90 Å². The van der Waals surface area contributed by atoms with E-state index in [-0.39, 0.29) is 17.0 Å². The van der Waals surface area contributed by atoms with E-state index in [4.69, 9.17) is 11.6 Å². The van der Waals surface area contributed by atoms with Crippen molar-refractivity contribution in [2.24, 2.45) is 16.7 Å². The van der Waals surface area contributed by atoms with E-state index >= 15 is 0 Å². The number of carbonyl (C=O) groups excluding carboxylic acids is 1. The van der Waals surface area contributed by atoms with Crippen LogP contribution in [-0.4, -0.2) is 50.4 Å². The predicted octanol–water partition coefficient (Wildman–Crippen LogP) is 3.19. The van der Waals surface area contributed by atoms with Crippen molar-refractivity contribution >= 4 is 33.1 Å². The summed E-state index contributed by atoms with van der Waals surface area (Å²) >= 11 is 5.95. The first kappa shape index (κ1) is 19.2. The minimum atomic E-state index is -3.46. The molecule has 148 valence electrons. The Morgan fingerprint density at radius 2 is 1.74 bits per heavy atom. The van der Waals surface area contributed by atoms with Crippen LogP contribution in [0.1, 0.15) is 33.1 Å². The molecule has 4 rings (SSSR count). The van der Waals surface area contributed by atoms with Gasteiger partial charge in [-0.25, -0.2) is 8.42 Å². The lowest BCUT2D eigenvalue weighted by atomic mass is 9.70. The van der Waals surface area contributed by atoms with Crippen LogP contribution in [0, 0.1) is 16.7 Å². The van der Waals surface area contributed by atoms with Crippen LogP contribution in [0.5, 0.6) is 0 Å².